The van der Waals surface area contributed by atoms with Gasteiger partial charge in [0.2, 0.25) is 10.0 Å². The summed E-state index contributed by atoms with van der Waals surface area (Å²) in [5.41, 5.74) is 0.703. The molecule has 2 rings (SSSR count). The second kappa shape index (κ2) is 10.7. The highest BCUT2D eigenvalue weighted by atomic mass is 32.2. The first-order valence-corrected chi connectivity index (χ1v) is 11.4. The minimum absolute atomic E-state index is 0.316. The number of aliphatic imine (C=N–C) groups is 1. The van der Waals surface area contributed by atoms with Gasteiger partial charge in [-0.25, -0.2) is 17.7 Å². The zero-order valence-corrected chi connectivity index (χ0v) is 17.7. The Kier molecular flexibility index (Phi) is 8.57. The van der Waals surface area contributed by atoms with Crippen molar-refractivity contribution in [3.63, 3.8) is 0 Å². The molecule has 0 saturated heterocycles. The lowest BCUT2D eigenvalue weighted by molar-refractivity contribution is 0.481. The first-order valence-electron chi connectivity index (χ1n) is 9.97. The molecule has 1 aromatic rings. The van der Waals surface area contributed by atoms with Gasteiger partial charge in [-0.2, -0.15) is 0 Å². The van der Waals surface area contributed by atoms with Crippen molar-refractivity contribution in [2.24, 2.45) is 10.9 Å². The molecule has 0 bridgehead atoms. The van der Waals surface area contributed by atoms with E-state index in [0.717, 1.165) is 31.4 Å². The number of nitrogens with zero attached hydrogens (tertiary/aromatic N) is 2. The lowest BCUT2D eigenvalue weighted by Gasteiger charge is -2.15. The molecule has 0 atom stereocenters. The largest absolute Gasteiger partial charge is 0.357 e. The summed E-state index contributed by atoms with van der Waals surface area (Å²) >= 11 is 0. The van der Waals surface area contributed by atoms with Crippen LogP contribution < -0.4 is 10.6 Å². The Morgan fingerprint density at radius 2 is 1.89 bits per heavy atom. The summed E-state index contributed by atoms with van der Waals surface area (Å²) in [4.78, 5) is 4.91. The van der Waals surface area contributed by atoms with E-state index >= 15 is 0 Å². The van der Waals surface area contributed by atoms with Crippen LogP contribution >= 0.6 is 0 Å². The topological polar surface area (TPSA) is 73.8 Å². The zero-order chi connectivity index (χ0) is 19.7. The molecule has 6 nitrogen and oxygen atoms in total. The SMILES string of the molecule is CCNC(=NCc1ccccc1S(=O)(=O)N(C)C)NCCCC1CCCC1. The average molecular weight is 395 g/mol. The summed E-state index contributed by atoms with van der Waals surface area (Å²) in [5.74, 6) is 1.63. The lowest BCUT2D eigenvalue weighted by Crippen LogP contribution is -2.37. The van der Waals surface area contributed by atoms with Gasteiger partial charge in [-0.15, -0.1) is 0 Å². The number of hydrogen-bond acceptors (Lipinski definition) is 3. The van der Waals surface area contributed by atoms with Crippen LogP contribution in [0.5, 0.6) is 0 Å². The average Bonchev–Trinajstić information content (AvgIpc) is 3.16. The predicted molar refractivity (Wildman–Crippen MR) is 111 cm³/mol. The van der Waals surface area contributed by atoms with E-state index in [1.807, 2.05) is 19.1 Å². The van der Waals surface area contributed by atoms with Gasteiger partial charge in [-0.1, -0.05) is 43.9 Å². The Labute approximate surface area is 164 Å². The first kappa shape index (κ1) is 21.7. The van der Waals surface area contributed by atoms with Gasteiger partial charge in [0.15, 0.2) is 5.96 Å². The summed E-state index contributed by atoms with van der Waals surface area (Å²) in [6, 6.07) is 7.06. The molecule has 152 valence electrons. The monoisotopic (exact) mass is 394 g/mol. The number of hydrogen-bond donors (Lipinski definition) is 2. The Hall–Kier alpha value is -1.60. The predicted octanol–water partition coefficient (Wildman–Crippen LogP) is 2.96. The maximum absolute atomic E-state index is 12.5. The van der Waals surface area contributed by atoms with Crippen molar-refractivity contribution >= 4 is 16.0 Å². The molecule has 0 aromatic heterocycles. The number of guanidine groups is 1. The number of nitrogens with one attached hydrogen (secondary N) is 2. The highest BCUT2D eigenvalue weighted by Crippen LogP contribution is 2.28. The molecule has 0 amide bonds. The molecule has 2 N–H and O–H groups in total. The van der Waals surface area contributed by atoms with Crippen molar-refractivity contribution in [1.82, 2.24) is 14.9 Å². The van der Waals surface area contributed by atoms with Crippen LogP contribution in [0.2, 0.25) is 0 Å². The van der Waals surface area contributed by atoms with Gasteiger partial charge in [-0.05, 0) is 37.3 Å². The van der Waals surface area contributed by atoms with Gasteiger partial charge in [0.1, 0.15) is 0 Å². The van der Waals surface area contributed by atoms with E-state index in [-0.39, 0.29) is 0 Å². The van der Waals surface area contributed by atoms with E-state index in [9.17, 15) is 8.42 Å². The zero-order valence-electron chi connectivity index (χ0n) is 16.9. The fourth-order valence-corrected chi connectivity index (χ4v) is 4.59. The maximum Gasteiger partial charge on any atom is 0.242 e. The highest BCUT2D eigenvalue weighted by molar-refractivity contribution is 7.89. The fraction of sp³-hybridized carbons (Fsp3) is 0.650. The summed E-state index contributed by atoms with van der Waals surface area (Å²) in [6.45, 7) is 4.01. The summed E-state index contributed by atoms with van der Waals surface area (Å²) in [7, 11) is -0.381. The normalized spacial score (nSPS) is 16.1. The van der Waals surface area contributed by atoms with Crippen LogP contribution in [0.3, 0.4) is 0 Å². The molecule has 1 saturated carbocycles. The molecule has 0 aliphatic heterocycles. The van der Waals surface area contributed by atoms with Crippen LogP contribution in [0.1, 0.15) is 51.0 Å². The van der Waals surface area contributed by atoms with E-state index in [4.69, 9.17) is 0 Å². The third-order valence-electron chi connectivity index (χ3n) is 5.04. The third-order valence-corrected chi connectivity index (χ3v) is 6.95. The molecule has 0 radical (unpaired) electrons. The van der Waals surface area contributed by atoms with Gasteiger partial charge in [0.05, 0.1) is 11.4 Å². The number of rotatable bonds is 9. The van der Waals surface area contributed by atoms with Crippen LogP contribution in [0.15, 0.2) is 34.2 Å². The van der Waals surface area contributed by atoms with Crippen molar-refractivity contribution in [2.45, 2.75) is 56.9 Å². The van der Waals surface area contributed by atoms with Crippen molar-refractivity contribution in [3.05, 3.63) is 29.8 Å². The van der Waals surface area contributed by atoms with Crippen molar-refractivity contribution in [3.8, 4) is 0 Å². The van der Waals surface area contributed by atoms with E-state index in [0.29, 0.717) is 17.0 Å². The molecule has 0 unspecified atom stereocenters. The van der Waals surface area contributed by atoms with Crippen LogP contribution in [0.25, 0.3) is 0 Å². The Bertz CT molecular complexity index is 710. The van der Waals surface area contributed by atoms with E-state index in [2.05, 4.69) is 15.6 Å². The summed E-state index contributed by atoms with van der Waals surface area (Å²) in [6.07, 6.45) is 7.95. The molecule has 0 heterocycles. The molecule has 1 aromatic carbocycles. The van der Waals surface area contributed by atoms with E-state index in [1.54, 1.807) is 26.2 Å². The van der Waals surface area contributed by atoms with Gasteiger partial charge in [0.25, 0.3) is 0 Å². The smallest absolute Gasteiger partial charge is 0.242 e. The van der Waals surface area contributed by atoms with Crippen molar-refractivity contribution in [1.29, 1.82) is 0 Å². The molecular formula is C20H34N4O2S. The third kappa shape index (κ3) is 6.50. The van der Waals surface area contributed by atoms with Gasteiger partial charge >= 0.3 is 0 Å². The molecule has 7 heteroatoms. The molecule has 1 aliphatic carbocycles. The van der Waals surface area contributed by atoms with Crippen LogP contribution in [-0.4, -0.2) is 45.9 Å². The maximum atomic E-state index is 12.5. The second-order valence-electron chi connectivity index (χ2n) is 7.31. The first-order chi connectivity index (χ1) is 12.9. The minimum atomic E-state index is -3.47. The Morgan fingerprint density at radius 3 is 2.56 bits per heavy atom. The highest BCUT2D eigenvalue weighted by Gasteiger charge is 2.20. The van der Waals surface area contributed by atoms with Crippen LogP contribution in [0, 0.1) is 5.92 Å². The Balaban J connectivity index is 1.97. The fourth-order valence-electron chi connectivity index (χ4n) is 3.49. The van der Waals surface area contributed by atoms with Crippen molar-refractivity contribution in [2.75, 3.05) is 27.2 Å². The van der Waals surface area contributed by atoms with Gasteiger partial charge in [-0.3, -0.25) is 0 Å². The Morgan fingerprint density at radius 1 is 1.19 bits per heavy atom. The molecular weight excluding hydrogens is 360 g/mol. The van der Waals surface area contributed by atoms with Gasteiger partial charge < -0.3 is 10.6 Å². The number of sulfonamides is 1. The summed E-state index contributed by atoms with van der Waals surface area (Å²) in [5, 5.41) is 6.62. The second-order valence-corrected chi connectivity index (χ2v) is 9.43. The van der Waals surface area contributed by atoms with Crippen LogP contribution in [0.4, 0.5) is 0 Å². The summed E-state index contributed by atoms with van der Waals surface area (Å²) < 4.78 is 26.3. The molecule has 27 heavy (non-hydrogen) atoms. The van der Waals surface area contributed by atoms with Gasteiger partial charge in [0, 0.05) is 27.2 Å². The lowest BCUT2D eigenvalue weighted by atomic mass is 10.0. The molecule has 1 aliphatic rings. The molecule has 1 fully saturated rings. The van der Waals surface area contributed by atoms with Crippen LogP contribution in [-0.2, 0) is 16.6 Å². The molecule has 0 spiro atoms. The van der Waals surface area contributed by atoms with E-state index < -0.39 is 10.0 Å². The number of benzene rings is 1. The quantitative estimate of drug-likeness (QED) is 0.384. The minimum Gasteiger partial charge on any atom is -0.357 e. The van der Waals surface area contributed by atoms with E-state index in [1.165, 1.54) is 36.4 Å². The van der Waals surface area contributed by atoms with Crippen molar-refractivity contribution < 1.29 is 8.42 Å². The standard InChI is InChI=1S/C20H34N4O2S/c1-4-21-20(22-15-9-12-17-10-5-6-11-17)23-16-18-13-7-8-14-19(18)27(25,26)24(2)3/h7-8,13-14,17H,4-6,9-12,15-16H2,1-3H3,(H2,21,22,23).